The quantitative estimate of drug-likeness (QED) is 0.650. The molecule has 2 heterocycles. The Labute approximate surface area is 154 Å². The van der Waals surface area contributed by atoms with E-state index in [4.69, 9.17) is 16.1 Å². The zero-order chi connectivity index (χ0) is 18.3. The lowest BCUT2D eigenvalue weighted by atomic mass is 10.0. The van der Waals surface area contributed by atoms with Crippen molar-refractivity contribution in [3.8, 4) is 28.6 Å². The van der Waals surface area contributed by atoms with Gasteiger partial charge in [0, 0.05) is 37.7 Å². The van der Waals surface area contributed by atoms with Crippen LogP contribution in [-0.4, -0.2) is 31.9 Å². The largest absolute Gasteiger partial charge is 0.508 e. The van der Waals surface area contributed by atoms with Gasteiger partial charge in [-0.2, -0.15) is 0 Å². The molecule has 0 atom stereocenters. The smallest absolute Gasteiger partial charge is 0.175 e. The zero-order valence-corrected chi connectivity index (χ0v) is 14.6. The Hall–Kier alpha value is -2.70. The molecule has 2 aromatic carbocycles. The van der Waals surface area contributed by atoms with Crippen molar-refractivity contribution in [1.82, 2.24) is 10.1 Å². The van der Waals surface area contributed by atoms with Crippen LogP contribution in [0.1, 0.15) is 16.8 Å². The van der Waals surface area contributed by atoms with Gasteiger partial charge in [0.2, 0.25) is 0 Å². The van der Waals surface area contributed by atoms with Crippen molar-refractivity contribution in [3.05, 3.63) is 58.2 Å². The summed E-state index contributed by atoms with van der Waals surface area (Å²) in [5.74, 6) is 0.419. The van der Waals surface area contributed by atoms with E-state index in [9.17, 15) is 15.3 Å². The van der Waals surface area contributed by atoms with E-state index in [0.29, 0.717) is 17.9 Å². The Kier molecular flexibility index (Phi) is 4.22. The minimum Gasteiger partial charge on any atom is -0.508 e. The van der Waals surface area contributed by atoms with E-state index in [1.54, 1.807) is 12.1 Å². The second kappa shape index (κ2) is 6.55. The predicted molar refractivity (Wildman–Crippen MR) is 96.2 cm³/mol. The number of phenols is 3. The summed E-state index contributed by atoms with van der Waals surface area (Å²) in [6.45, 7) is 2.18. The van der Waals surface area contributed by atoms with Gasteiger partial charge in [0.05, 0.1) is 16.3 Å². The number of hydrogen-bond donors (Lipinski definition) is 3. The first-order valence-corrected chi connectivity index (χ1v) is 8.58. The third-order valence-electron chi connectivity index (χ3n) is 4.57. The molecule has 0 amide bonds. The van der Waals surface area contributed by atoms with Crippen LogP contribution in [-0.2, 0) is 19.5 Å². The normalized spacial score (nSPS) is 14.3. The van der Waals surface area contributed by atoms with Gasteiger partial charge in [0.15, 0.2) is 5.76 Å². The van der Waals surface area contributed by atoms with E-state index < -0.39 is 0 Å². The second-order valence-corrected chi connectivity index (χ2v) is 6.79. The van der Waals surface area contributed by atoms with Gasteiger partial charge in [-0.1, -0.05) is 28.9 Å². The van der Waals surface area contributed by atoms with E-state index in [1.807, 2.05) is 12.1 Å². The number of rotatable bonds is 3. The first-order valence-electron chi connectivity index (χ1n) is 8.21. The molecule has 0 fully saturated rings. The lowest BCUT2D eigenvalue weighted by Crippen LogP contribution is -2.29. The minimum absolute atomic E-state index is 0.110. The maximum atomic E-state index is 10.2. The summed E-state index contributed by atoms with van der Waals surface area (Å²) in [5, 5.41) is 33.5. The molecule has 1 aliphatic heterocycles. The van der Waals surface area contributed by atoms with Crippen molar-refractivity contribution in [3.63, 3.8) is 0 Å². The number of aromatic hydroxyl groups is 3. The molecule has 0 saturated heterocycles. The third-order valence-corrected chi connectivity index (χ3v) is 4.87. The van der Waals surface area contributed by atoms with Crippen molar-refractivity contribution < 1.29 is 19.8 Å². The average molecular weight is 373 g/mol. The van der Waals surface area contributed by atoms with Crippen molar-refractivity contribution >= 4 is 11.6 Å². The number of nitrogens with zero attached hydrogens (tertiary/aromatic N) is 2. The van der Waals surface area contributed by atoms with E-state index >= 15 is 0 Å². The molecule has 4 rings (SSSR count). The molecule has 3 N–H and O–H groups in total. The standard InChI is InChI=1S/C19H17ClN2O4/c20-15-7-13(17(24)8-18(15)25)19-14-10-22(6-5-16(14)21-26-19)9-11-1-3-12(23)4-2-11/h1-4,7-8,23-25H,5-6,9-10H2. The Morgan fingerprint density at radius 1 is 1.08 bits per heavy atom. The fourth-order valence-electron chi connectivity index (χ4n) is 3.21. The topological polar surface area (TPSA) is 90.0 Å². The molecule has 0 unspecified atom stereocenters. The van der Waals surface area contributed by atoms with Crippen LogP contribution in [0.2, 0.25) is 5.02 Å². The van der Waals surface area contributed by atoms with Crippen molar-refractivity contribution in [2.75, 3.05) is 6.54 Å². The summed E-state index contributed by atoms with van der Waals surface area (Å²) < 4.78 is 5.48. The van der Waals surface area contributed by atoms with Crippen LogP contribution >= 0.6 is 11.6 Å². The van der Waals surface area contributed by atoms with E-state index in [-0.39, 0.29) is 22.3 Å². The summed E-state index contributed by atoms with van der Waals surface area (Å²) >= 11 is 5.98. The molecule has 0 aliphatic carbocycles. The maximum absolute atomic E-state index is 10.2. The Morgan fingerprint density at radius 2 is 1.85 bits per heavy atom. The average Bonchev–Trinajstić information content (AvgIpc) is 3.03. The van der Waals surface area contributed by atoms with E-state index in [2.05, 4.69) is 10.1 Å². The number of fused-ring (bicyclic) bond motifs is 1. The van der Waals surface area contributed by atoms with Crippen molar-refractivity contribution in [2.45, 2.75) is 19.5 Å². The zero-order valence-electron chi connectivity index (χ0n) is 13.8. The van der Waals surface area contributed by atoms with E-state index in [0.717, 1.165) is 36.3 Å². The van der Waals surface area contributed by atoms with Gasteiger partial charge in [0.1, 0.15) is 17.2 Å². The monoisotopic (exact) mass is 372 g/mol. The van der Waals surface area contributed by atoms with Crippen LogP contribution in [0.5, 0.6) is 17.2 Å². The highest BCUT2D eigenvalue weighted by molar-refractivity contribution is 6.32. The van der Waals surface area contributed by atoms with Gasteiger partial charge in [-0.25, -0.2) is 0 Å². The molecule has 1 aromatic heterocycles. The molecule has 26 heavy (non-hydrogen) atoms. The fourth-order valence-corrected chi connectivity index (χ4v) is 3.37. The highest BCUT2D eigenvalue weighted by Crippen LogP contribution is 2.40. The van der Waals surface area contributed by atoms with Gasteiger partial charge in [0.25, 0.3) is 0 Å². The van der Waals surface area contributed by atoms with Crippen LogP contribution in [0.25, 0.3) is 11.3 Å². The number of phenolic OH excluding ortho intramolecular Hbond substituents is 3. The molecular formula is C19H17ClN2O4. The summed E-state index contributed by atoms with van der Waals surface area (Å²) in [6, 6.07) is 9.81. The molecule has 0 bridgehead atoms. The van der Waals surface area contributed by atoms with Gasteiger partial charge < -0.3 is 19.8 Å². The van der Waals surface area contributed by atoms with Gasteiger partial charge in [-0.15, -0.1) is 0 Å². The SMILES string of the molecule is Oc1ccc(CN2CCc3noc(-c4cc(Cl)c(O)cc4O)c3C2)cc1. The molecule has 1 aliphatic rings. The number of halogens is 1. The number of aromatic nitrogens is 1. The highest BCUT2D eigenvalue weighted by atomic mass is 35.5. The van der Waals surface area contributed by atoms with Crippen LogP contribution in [0, 0.1) is 0 Å². The van der Waals surface area contributed by atoms with Gasteiger partial charge in [-0.3, -0.25) is 4.90 Å². The molecule has 134 valence electrons. The molecular weight excluding hydrogens is 356 g/mol. The highest BCUT2D eigenvalue weighted by Gasteiger charge is 2.26. The Bertz CT molecular complexity index is 953. The number of hydrogen-bond acceptors (Lipinski definition) is 6. The molecule has 6 nitrogen and oxygen atoms in total. The first kappa shape index (κ1) is 16.8. The van der Waals surface area contributed by atoms with Crippen molar-refractivity contribution in [1.29, 1.82) is 0 Å². The Balaban J connectivity index is 1.62. The van der Waals surface area contributed by atoms with Crippen LogP contribution in [0.4, 0.5) is 0 Å². The lowest BCUT2D eigenvalue weighted by Gasteiger charge is -2.26. The maximum Gasteiger partial charge on any atom is 0.175 e. The van der Waals surface area contributed by atoms with Gasteiger partial charge >= 0.3 is 0 Å². The van der Waals surface area contributed by atoms with Crippen LogP contribution < -0.4 is 0 Å². The summed E-state index contributed by atoms with van der Waals surface area (Å²) in [6.07, 6.45) is 0.740. The molecule has 0 saturated carbocycles. The molecule has 0 spiro atoms. The predicted octanol–water partition coefficient (Wildman–Crippen LogP) is 3.67. The third kappa shape index (κ3) is 3.09. The number of benzene rings is 2. The minimum atomic E-state index is -0.185. The second-order valence-electron chi connectivity index (χ2n) is 6.38. The van der Waals surface area contributed by atoms with Crippen molar-refractivity contribution in [2.24, 2.45) is 0 Å². The van der Waals surface area contributed by atoms with Crippen LogP contribution in [0.3, 0.4) is 0 Å². The molecule has 7 heteroatoms. The van der Waals surface area contributed by atoms with Gasteiger partial charge in [-0.05, 0) is 23.8 Å². The Morgan fingerprint density at radius 3 is 2.62 bits per heavy atom. The lowest BCUT2D eigenvalue weighted by molar-refractivity contribution is 0.245. The molecule has 3 aromatic rings. The summed E-state index contributed by atoms with van der Waals surface area (Å²) in [7, 11) is 0. The summed E-state index contributed by atoms with van der Waals surface area (Å²) in [4.78, 5) is 2.24. The van der Waals surface area contributed by atoms with Crippen LogP contribution in [0.15, 0.2) is 40.9 Å². The van der Waals surface area contributed by atoms with E-state index in [1.165, 1.54) is 12.1 Å². The summed E-state index contributed by atoms with van der Waals surface area (Å²) in [5.41, 5.74) is 3.28. The first-order chi connectivity index (χ1) is 12.5. The molecule has 0 radical (unpaired) electrons. The fraction of sp³-hybridized carbons (Fsp3) is 0.211.